The van der Waals surface area contributed by atoms with Crippen LogP contribution in [0.3, 0.4) is 0 Å². The van der Waals surface area contributed by atoms with Gasteiger partial charge in [0.15, 0.2) is 0 Å². The van der Waals surface area contributed by atoms with Gasteiger partial charge < -0.3 is 4.74 Å². The number of methoxy groups -OCH3 is 1. The maximum absolute atomic E-state index is 8.14. The fourth-order valence-electron chi connectivity index (χ4n) is 1.08. The minimum Gasteiger partial charge on any atom is -0.496 e. The molecule has 0 aliphatic rings. The summed E-state index contributed by atoms with van der Waals surface area (Å²) in [6.45, 7) is 2.34. The predicted molar refractivity (Wildman–Crippen MR) is 50.6 cm³/mol. The van der Waals surface area contributed by atoms with Crippen molar-refractivity contribution in [3.8, 4) is 5.75 Å². The van der Waals surface area contributed by atoms with Crippen molar-refractivity contribution in [1.29, 1.82) is 0 Å². The predicted octanol–water partition coefficient (Wildman–Crippen LogP) is 2.81. The topological polar surface area (TPSA) is 58.0 Å². The minimum absolute atomic E-state index is 0.368. The number of nitrogens with zero attached hydrogens (tertiary/aromatic N) is 3. The largest absolute Gasteiger partial charge is 0.496 e. The zero-order chi connectivity index (χ0) is 9.68. The molecule has 1 aromatic rings. The molecule has 0 heterocycles. The third kappa shape index (κ3) is 2.39. The molecule has 0 saturated carbocycles. The van der Waals surface area contributed by atoms with Crippen molar-refractivity contribution in [1.82, 2.24) is 0 Å². The second kappa shape index (κ2) is 4.38. The highest BCUT2D eigenvalue weighted by Gasteiger charge is 1.98. The Morgan fingerprint density at radius 1 is 1.54 bits per heavy atom. The van der Waals surface area contributed by atoms with Crippen molar-refractivity contribution in [3.05, 3.63) is 39.8 Å². The number of hydrogen-bond donors (Lipinski definition) is 0. The molecular weight excluding hydrogens is 166 g/mol. The summed E-state index contributed by atoms with van der Waals surface area (Å²) in [7, 11) is 1.62. The maximum Gasteiger partial charge on any atom is 0.122 e. The Balaban J connectivity index is 2.92. The van der Waals surface area contributed by atoms with Crippen LogP contribution in [-0.4, -0.2) is 7.11 Å². The molecule has 0 amide bonds. The normalized spacial score (nSPS) is 9.08. The molecule has 13 heavy (non-hydrogen) atoms. The van der Waals surface area contributed by atoms with E-state index < -0.39 is 0 Å². The monoisotopic (exact) mass is 177 g/mol. The zero-order valence-corrected chi connectivity index (χ0v) is 7.69. The lowest BCUT2D eigenvalue weighted by molar-refractivity contribution is 0.411. The first-order valence-corrected chi connectivity index (χ1v) is 3.92. The van der Waals surface area contributed by atoms with E-state index in [-0.39, 0.29) is 0 Å². The Morgan fingerprint density at radius 2 is 2.31 bits per heavy atom. The number of azide groups is 1. The Kier molecular flexibility index (Phi) is 3.17. The summed E-state index contributed by atoms with van der Waals surface area (Å²) < 4.78 is 5.13. The number of rotatable bonds is 3. The third-order valence-corrected chi connectivity index (χ3v) is 1.79. The SMILES string of the molecule is COc1cc(CN=[N+]=[N-])ccc1C. The molecule has 0 aliphatic heterocycles. The van der Waals surface area contributed by atoms with Gasteiger partial charge in [-0.2, -0.15) is 0 Å². The molecule has 0 atom stereocenters. The number of aryl methyl sites for hydroxylation is 1. The van der Waals surface area contributed by atoms with Crippen molar-refractivity contribution in [2.75, 3.05) is 7.11 Å². The molecular formula is C9H11N3O. The van der Waals surface area contributed by atoms with E-state index in [0.29, 0.717) is 6.54 Å². The summed E-state index contributed by atoms with van der Waals surface area (Å²) >= 11 is 0. The van der Waals surface area contributed by atoms with Crippen LogP contribution in [0.1, 0.15) is 11.1 Å². The first kappa shape index (κ1) is 9.42. The van der Waals surface area contributed by atoms with Crippen LogP contribution in [0.2, 0.25) is 0 Å². The van der Waals surface area contributed by atoms with E-state index in [9.17, 15) is 0 Å². The molecule has 0 radical (unpaired) electrons. The second-order valence-corrected chi connectivity index (χ2v) is 2.69. The van der Waals surface area contributed by atoms with Crippen LogP contribution in [0.5, 0.6) is 5.75 Å². The first-order chi connectivity index (χ1) is 6.27. The van der Waals surface area contributed by atoms with Gasteiger partial charge in [0.05, 0.1) is 13.7 Å². The molecule has 1 rings (SSSR count). The lowest BCUT2D eigenvalue weighted by Crippen LogP contribution is -1.89. The van der Waals surface area contributed by atoms with Crippen LogP contribution >= 0.6 is 0 Å². The van der Waals surface area contributed by atoms with Crippen LogP contribution < -0.4 is 4.74 Å². The van der Waals surface area contributed by atoms with Crippen LogP contribution in [0.25, 0.3) is 10.4 Å². The van der Waals surface area contributed by atoms with Gasteiger partial charge in [0.25, 0.3) is 0 Å². The molecule has 4 heteroatoms. The van der Waals surface area contributed by atoms with Gasteiger partial charge in [0.1, 0.15) is 5.75 Å². The molecule has 0 saturated heterocycles. The van der Waals surface area contributed by atoms with Gasteiger partial charge in [-0.1, -0.05) is 17.2 Å². The molecule has 0 unspecified atom stereocenters. The average molecular weight is 177 g/mol. The Hall–Kier alpha value is -1.67. The van der Waals surface area contributed by atoms with Gasteiger partial charge in [-0.15, -0.1) is 0 Å². The molecule has 0 aliphatic carbocycles. The molecule has 1 aromatic carbocycles. The fourth-order valence-corrected chi connectivity index (χ4v) is 1.08. The van der Waals surface area contributed by atoms with Crippen molar-refractivity contribution in [3.63, 3.8) is 0 Å². The van der Waals surface area contributed by atoms with E-state index in [4.69, 9.17) is 10.3 Å². The molecule has 0 spiro atoms. The minimum atomic E-state index is 0.368. The zero-order valence-electron chi connectivity index (χ0n) is 7.69. The molecule has 0 fully saturated rings. The summed E-state index contributed by atoms with van der Waals surface area (Å²) in [6.07, 6.45) is 0. The third-order valence-electron chi connectivity index (χ3n) is 1.79. The molecule has 68 valence electrons. The van der Waals surface area contributed by atoms with Crippen LogP contribution in [0.15, 0.2) is 23.3 Å². The Morgan fingerprint density at radius 3 is 2.92 bits per heavy atom. The molecule has 0 aromatic heterocycles. The Bertz CT molecular complexity index is 343. The van der Waals surface area contributed by atoms with E-state index in [1.807, 2.05) is 25.1 Å². The Labute approximate surface area is 76.8 Å². The van der Waals surface area contributed by atoms with Gasteiger partial charge in [-0.3, -0.25) is 0 Å². The maximum atomic E-state index is 8.14. The summed E-state index contributed by atoms with van der Waals surface area (Å²) in [5.74, 6) is 0.825. The fraction of sp³-hybridized carbons (Fsp3) is 0.333. The number of ether oxygens (including phenoxy) is 1. The smallest absolute Gasteiger partial charge is 0.122 e. The molecule has 4 nitrogen and oxygen atoms in total. The van der Waals surface area contributed by atoms with Crippen molar-refractivity contribution >= 4 is 0 Å². The highest BCUT2D eigenvalue weighted by molar-refractivity contribution is 5.36. The van der Waals surface area contributed by atoms with Crippen LogP contribution in [-0.2, 0) is 6.54 Å². The summed E-state index contributed by atoms with van der Waals surface area (Å²) in [5.41, 5.74) is 10.2. The van der Waals surface area contributed by atoms with E-state index >= 15 is 0 Å². The van der Waals surface area contributed by atoms with Gasteiger partial charge in [-0.25, -0.2) is 0 Å². The lowest BCUT2D eigenvalue weighted by Gasteiger charge is -2.05. The van der Waals surface area contributed by atoms with E-state index in [2.05, 4.69) is 10.0 Å². The number of hydrogen-bond acceptors (Lipinski definition) is 2. The van der Waals surface area contributed by atoms with Crippen molar-refractivity contribution in [2.45, 2.75) is 13.5 Å². The van der Waals surface area contributed by atoms with Crippen LogP contribution in [0, 0.1) is 6.92 Å². The van der Waals surface area contributed by atoms with Gasteiger partial charge in [0.2, 0.25) is 0 Å². The quantitative estimate of drug-likeness (QED) is 0.398. The number of benzene rings is 1. The summed E-state index contributed by atoms with van der Waals surface area (Å²) in [6, 6.07) is 5.75. The molecule has 0 bridgehead atoms. The summed E-state index contributed by atoms with van der Waals surface area (Å²) in [4.78, 5) is 2.69. The standard InChI is InChI=1S/C9H11N3O/c1-7-3-4-8(6-11-12-10)5-9(7)13-2/h3-5H,6H2,1-2H3. The second-order valence-electron chi connectivity index (χ2n) is 2.69. The average Bonchev–Trinajstić information content (AvgIpc) is 2.16. The van der Waals surface area contributed by atoms with E-state index in [1.165, 1.54) is 0 Å². The van der Waals surface area contributed by atoms with Crippen molar-refractivity contribution in [2.24, 2.45) is 5.11 Å². The van der Waals surface area contributed by atoms with E-state index in [1.54, 1.807) is 7.11 Å². The first-order valence-electron chi connectivity index (χ1n) is 3.92. The van der Waals surface area contributed by atoms with Crippen molar-refractivity contribution < 1.29 is 4.74 Å². The lowest BCUT2D eigenvalue weighted by atomic mass is 10.1. The van der Waals surface area contributed by atoms with Gasteiger partial charge in [-0.05, 0) is 29.6 Å². The highest BCUT2D eigenvalue weighted by Crippen LogP contribution is 2.19. The summed E-state index contributed by atoms with van der Waals surface area (Å²) in [5, 5.41) is 3.47. The molecule has 0 N–H and O–H groups in total. The van der Waals surface area contributed by atoms with E-state index in [0.717, 1.165) is 16.9 Å². The van der Waals surface area contributed by atoms with Gasteiger partial charge >= 0.3 is 0 Å². The highest BCUT2D eigenvalue weighted by atomic mass is 16.5. The van der Waals surface area contributed by atoms with Gasteiger partial charge in [0, 0.05) is 4.91 Å². The van der Waals surface area contributed by atoms with Crippen LogP contribution in [0.4, 0.5) is 0 Å².